The van der Waals surface area contributed by atoms with Crippen LogP contribution in [0.2, 0.25) is 0 Å². The number of halogens is 1. The average molecular weight is 498 g/mol. The van der Waals surface area contributed by atoms with Crippen molar-refractivity contribution in [3.8, 4) is 0 Å². The summed E-state index contributed by atoms with van der Waals surface area (Å²) in [5, 5.41) is 2.49. The van der Waals surface area contributed by atoms with Gasteiger partial charge in [-0.25, -0.2) is 9.29 Å². The Labute approximate surface area is 202 Å². The average Bonchev–Trinajstić information content (AvgIpc) is 3.25. The molecule has 3 heterocycles. The van der Waals surface area contributed by atoms with Gasteiger partial charge in [-0.3, -0.25) is 23.7 Å². The first-order chi connectivity index (χ1) is 16.2. The molecule has 1 fully saturated rings. The van der Waals surface area contributed by atoms with Crippen molar-refractivity contribution in [3.05, 3.63) is 75.0 Å². The number of amides is 3. The minimum Gasteiger partial charge on any atom is -0.325 e. The van der Waals surface area contributed by atoms with E-state index in [1.54, 1.807) is 24.3 Å². The molecule has 1 aromatic heterocycles. The number of nitrogens with one attached hydrogen (secondary N) is 1. The molecule has 0 radical (unpaired) electrons. The SMILES string of the molecule is CC1(C)c2sc(=O)n(CC(=O)Nc3ccc(F)cc3)c2SC2C(=O)N(c3ccccc3)C(=O)C21. The fourth-order valence-corrected chi connectivity index (χ4v) is 7.51. The number of thioether (sulfide) groups is 1. The number of benzene rings is 2. The number of aromatic nitrogens is 1. The van der Waals surface area contributed by atoms with Gasteiger partial charge in [0.15, 0.2) is 0 Å². The first kappa shape index (κ1) is 22.5. The fourth-order valence-electron chi connectivity index (χ4n) is 4.48. The molecule has 174 valence electrons. The lowest BCUT2D eigenvalue weighted by atomic mass is 9.76. The maximum atomic E-state index is 13.4. The molecule has 2 aromatic carbocycles. The summed E-state index contributed by atoms with van der Waals surface area (Å²) in [6.45, 7) is 3.47. The van der Waals surface area contributed by atoms with Crippen LogP contribution < -0.4 is 15.1 Å². The second-order valence-corrected chi connectivity index (χ2v) is 10.8. The van der Waals surface area contributed by atoms with E-state index in [9.17, 15) is 23.6 Å². The summed E-state index contributed by atoms with van der Waals surface area (Å²) in [5.74, 6) is -2.11. The zero-order valence-electron chi connectivity index (χ0n) is 18.3. The number of nitrogens with zero attached hydrogens (tertiary/aromatic N) is 2. The molecule has 3 aromatic rings. The van der Waals surface area contributed by atoms with Gasteiger partial charge in [0.25, 0.3) is 0 Å². The van der Waals surface area contributed by atoms with Gasteiger partial charge in [0.2, 0.25) is 17.7 Å². The predicted molar refractivity (Wildman–Crippen MR) is 129 cm³/mol. The molecule has 34 heavy (non-hydrogen) atoms. The van der Waals surface area contributed by atoms with Gasteiger partial charge < -0.3 is 5.32 Å². The Morgan fingerprint density at radius 3 is 2.38 bits per heavy atom. The summed E-state index contributed by atoms with van der Waals surface area (Å²) in [4.78, 5) is 53.8. The number of fused-ring (bicyclic) bond motifs is 2. The van der Waals surface area contributed by atoms with E-state index in [2.05, 4.69) is 5.32 Å². The molecular weight excluding hydrogens is 477 g/mol. The van der Waals surface area contributed by atoms with Gasteiger partial charge in [-0.2, -0.15) is 0 Å². The highest BCUT2D eigenvalue weighted by Gasteiger charge is 2.59. The molecule has 2 aliphatic heterocycles. The summed E-state index contributed by atoms with van der Waals surface area (Å²) in [7, 11) is 0. The number of rotatable bonds is 4. The highest BCUT2D eigenvalue weighted by Crippen LogP contribution is 2.54. The molecule has 1 saturated heterocycles. The minimum atomic E-state index is -0.774. The second kappa shape index (κ2) is 8.21. The quantitative estimate of drug-likeness (QED) is 0.556. The molecule has 7 nitrogen and oxygen atoms in total. The molecule has 0 saturated carbocycles. The van der Waals surface area contributed by atoms with E-state index in [4.69, 9.17) is 0 Å². The summed E-state index contributed by atoms with van der Waals surface area (Å²) < 4.78 is 14.5. The number of anilines is 2. The predicted octanol–water partition coefficient (Wildman–Crippen LogP) is 3.63. The Bertz CT molecular complexity index is 1370. The smallest absolute Gasteiger partial charge is 0.308 e. The van der Waals surface area contributed by atoms with Crippen molar-refractivity contribution in [1.82, 2.24) is 4.57 Å². The van der Waals surface area contributed by atoms with Gasteiger partial charge in [-0.1, -0.05) is 55.1 Å². The molecule has 0 bridgehead atoms. The summed E-state index contributed by atoms with van der Waals surface area (Å²) in [5.41, 5.74) is 0.152. The van der Waals surface area contributed by atoms with Crippen molar-refractivity contribution >= 4 is 52.2 Å². The third-order valence-electron chi connectivity index (χ3n) is 6.15. The van der Waals surface area contributed by atoms with Gasteiger partial charge in [0.1, 0.15) is 17.6 Å². The van der Waals surface area contributed by atoms with Gasteiger partial charge in [-0.15, -0.1) is 0 Å². The van der Waals surface area contributed by atoms with Crippen LogP contribution in [0.4, 0.5) is 15.8 Å². The number of para-hydroxylation sites is 1. The molecule has 0 aliphatic carbocycles. The first-order valence-electron chi connectivity index (χ1n) is 10.6. The summed E-state index contributed by atoms with van der Waals surface area (Å²) >= 11 is 2.17. The van der Waals surface area contributed by atoms with Crippen molar-refractivity contribution in [2.24, 2.45) is 5.92 Å². The van der Waals surface area contributed by atoms with E-state index in [1.165, 1.54) is 45.5 Å². The first-order valence-corrected chi connectivity index (χ1v) is 12.3. The van der Waals surface area contributed by atoms with Crippen LogP contribution in [0.1, 0.15) is 18.7 Å². The van der Waals surface area contributed by atoms with Crippen LogP contribution in [0.5, 0.6) is 0 Å². The Balaban J connectivity index is 1.47. The number of carbonyl (C=O) groups is 3. The van der Waals surface area contributed by atoms with Gasteiger partial charge in [0.05, 0.1) is 16.6 Å². The van der Waals surface area contributed by atoms with Gasteiger partial charge >= 0.3 is 4.87 Å². The van der Waals surface area contributed by atoms with Crippen LogP contribution in [-0.2, 0) is 26.3 Å². The van der Waals surface area contributed by atoms with Crippen LogP contribution in [0.25, 0.3) is 0 Å². The van der Waals surface area contributed by atoms with Crippen LogP contribution in [-0.4, -0.2) is 27.5 Å². The Morgan fingerprint density at radius 1 is 1.03 bits per heavy atom. The zero-order valence-corrected chi connectivity index (χ0v) is 19.9. The standard InChI is InChI=1S/C24H20FN3O4S2/c1-24(2)17-18(21(31)28(20(17)30)15-6-4-3-5-7-15)33-22-19(24)34-23(32)27(22)12-16(29)26-14-10-8-13(25)9-11-14/h3-11,17-18H,12H2,1-2H3,(H,26,29). The lowest BCUT2D eigenvalue weighted by Gasteiger charge is -2.36. The molecule has 2 unspecified atom stereocenters. The van der Waals surface area contributed by atoms with Crippen molar-refractivity contribution in [2.45, 2.75) is 36.1 Å². The third-order valence-corrected chi connectivity index (χ3v) is 8.97. The molecule has 0 spiro atoms. The van der Waals surface area contributed by atoms with Crippen LogP contribution in [0.15, 0.2) is 64.4 Å². The van der Waals surface area contributed by atoms with Crippen molar-refractivity contribution in [2.75, 3.05) is 10.2 Å². The van der Waals surface area contributed by atoms with E-state index in [1.807, 2.05) is 19.9 Å². The third kappa shape index (κ3) is 3.57. The number of thiazole rings is 1. The molecule has 1 N–H and O–H groups in total. The lowest BCUT2D eigenvalue weighted by Crippen LogP contribution is -2.41. The van der Waals surface area contributed by atoms with Crippen molar-refractivity contribution in [3.63, 3.8) is 0 Å². The fraction of sp³-hybridized carbons (Fsp3) is 0.250. The Kier molecular flexibility index (Phi) is 5.44. The molecule has 2 atom stereocenters. The monoisotopic (exact) mass is 497 g/mol. The van der Waals surface area contributed by atoms with E-state index in [0.717, 1.165) is 11.3 Å². The molecule has 10 heteroatoms. The van der Waals surface area contributed by atoms with E-state index in [0.29, 0.717) is 21.3 Å². The van der Waals surface area contributed by atoms with Gasteiger partial charge in [-0.05, 0) is 36.4 Å². The molecular formula is C24H20FN3O4S2. The largest absolute Gasteiger partial charge is 0.325 e. The summed E-state index contributed by atoms with van der Waals surface area (Å²) in [6.07, 6.45) is 0. The number of hydrogen-bond acceptors (Lipinski definition) is 6. The Morgan fingerprint density at radius 2 is 1.71 bits per heavy atom. The van der Waals surface area contributed by atoms with Gasteiger partial charge in [0, 0.05) is 16.0 Å². The van der Waals surface area contributed by atoms with E-state index >= 15 is 0 Å². The highest BCUT2D eigenvalue weighted by atomic mass is 32.2. The Hall–Kier alpha value is -3.24. The maximum absolute atomic E-state index is 13.4. The van der Waals surface area contributed by atoms with E-state index in [-0.39, 0.29) is 23.2 Å². The lowest BCUT2D eigenvalue weighted by molar-refractivity contribution is -0.123. The summed E-state index contributed by atoms with van der Waals surface area (Å²) in [6, 6.07) is 14.1. The van der Waals surface area contributed by atoms with Crippen LogP contribution in [0.3, 0.4) is 0 Å². The molecule has 3 amide bonds. The minimum absolute atomic E-state index is 0.257. The zero-order chi connectivity index (χ0) is 24.2. The van der Waals surface area contributed by atoms with Crippen molar-refractivity contribution in [1.29, 1.82) is 0 Å². The number of carbonyl (C=O) groups excluding carboxylic acids is 3. The van der Waals surface area contributed by atoms with Crippen LogP contribution >= 0.6 is 23.1 Å². The molecule has 5 rings (SSSR count). The normalized spacial score (nSPS) is 20.7. The van der Waals surface area contributed by atoms with Crippen LogP contribution in [0, 0.1) is 11.7 Å². The van der Waals surface area contributed by atoms with Crippen molar-refractivity contribution < 1.29 is 18.8 Å². The molecule has 2 aliphatic rings. The maximum Gasteiger partial charge on any atom is 0.308 e. The topological polar surface area (TPSA) is 88.5 Å². The number of imide groups is 1. The number of hydrogen-bond donors (Lipinski definition) is 1. The highest BCUT2D eigenvalue weighted by molar-refractivity contribution is 8.00. The second-order valence-electron chi connectivity index (χ2n) is 8.73. The van der Waals surface area contributed by atoms with E-state index < -0.39 is 28.3 Å².